The van der Waals surface area contributed by atoms with Crippen LogP contribution >= 0.6 is 15.9 Å². The molecular weight excluding hydrogens is 434 g/mol. The molecule has 0 aliphatic carbocycles. The molecule has 2 aromatic carbocycles. The molecule has 0 atom stereocenters. The Kier molecular flexibility index (Phi) is 6.85. The van der Waals surface area contributed by atoms with Crippen LogP contribution in [0.3, 0.4) is 0 Å². The van der Waals surface area contributed by atoms with Gasteiger partial charge in [-0.15, -0.1) is 0 Å². The van der Waals surface area contributed by atoms with Crippen LogP contribution in [0.1, 0.15) is 15.9 Å². The number of carbonyl (C=O) groups is 1. The van der Waals surface area contributed by atoms with Gasteiger partial charge in [0, 0.05) is 42.8 Å². The van der Waals surface area contributed by atoms with Crippen LogP contribution in [0.4, 0.5) is 8.78 Å². The van der Waals surface area contributed by atoms with Gasteiger partial charge in [-0.05, 0) is 29.8 Å². The number of halogens is 3. The van der Waals surface area contributed by atoms with E-state index in [1.807, 2.05) is 18.2 Å². The average molecular weight is 455 g/mol. The van der Waals surface area contributed by atoms with Crippen molar-refractivity contribution < 1.29 is 23.0 Å². The molecule has 2 aromatic rings. The summed E-state index contributed by atoms with van der Waals surface area (Å²) >= 11 is 3.56. The van der Waals surface area contributed by atoms with Crippen molar-refractivity contribution >= 4 is 21.8 Å². The topological polar surface area (TPSA) is 42.0 Å². The van der Waals surface area contributed by atoms with E-state index in [9.17, 15) is 13.6 Å². The number of rotatable bonds is 6. The van der Waals surface area contributed by atoms with Gasteiger partial charge in [-0.2, -0.15) is 8.78 Å². The maximum atomic E-state index is 12.8. The Hall–Kier alpha value is -2.19. The molecular formula is C20H21BrF2N2O3. The highest BCUT2D eigenvalue weighted by atomic mass is 79.9. The number of methoxy groups -OCH3 is 1. The van der Waals surface area contributed by atoms with Crippen molar-refractivity contribution in [1.29, 1.82) is 0 Å². The van der Waals surface area contributed by atoms with Crippen molar-refractivity contribution in [1.82, 2.24) is 9.80 Å². The van der Waals surface area contributed by atoms with Gasteiger partial charge in [0.15, 0.2) is 11.5 Å². The monoisotopic (exact) mass is 454 g/mol. The fraction of sp³-hybridized carbons (Fsp3) is 0.350. The molecule has 8 heteroatoms. The van der Waals surface area contributed by atoms with Gasteiger partial charge in [0.1, 0.15) is 0 Å². The predicted molar refractivity (Wildman–Crippen MR) is 105 cm³/mol. The zero-order valence-corrected chi connectivity index (χ0v) is 17.0. The first-order valence-electron chi connectivity index (χ1n) is 8.86. The highest BCUT2D eigenvalue weighted by Gasteiger charge is 2.23. The van der Waals surface area contributed by atoms with E-state index in [-0.39, 0.29) is 17.4 Å². The summed E-state index contributed by atoms with van der Waals surface area (Å²) in [6.07, 6.45) is 0. The van der Waals surface area contributed by atoms with E-state index in [2.05, 4.69) is 31.6 Å². The first-order valence-corrected chi connectivity index (χ1v) is 9.65. The van der Waals surface area contributed by atoms with E-state index < -0.39 is 6.61 Å². The molecule has 1 amide bonds. The molecule has 5 nitrogen and oxygen atoms in total. The lowest BCUT2D eigenvalue weighted by atomic mass is 10.1. The van der Waals surface area contributed by atoms with Crippen molar-refractivity contribution in [3.8, 4) is 11.5 Å². The van der Waals surface area contributed by atoms with Crippen molar-refractivity contribution in [2.75, 3.05) is 33.3 Å². The zero-order chi connectivity index (χ0) is 20.1. The summed E-state index contributed by atoms with van der Waals surface area (Å²) in [4.78, 5) is 16.8. The second-order valence-electron chi connectivity index (χ2n) is 6.40. The molecule has 1 fully saturated rings. The maximum Gasteiger partial charge on any atom is 0.387 e. The van der Waals surface area contributed by atoms with Gasteiger partial charge in [-0.1, -0.05) is 34.1 Å². The molecule has 1 aliphatic rings. The molecule has 0 radical (unpaired) electrons. The number of alkyl halides is 2. The molecule has 1 saturated heterocycles. The number of ether oxygens (including phenoxy) is 2. The molecule has 28 heavy (non-hydrogen) atoms. The van der Waals surface area contributed by atoms with Crippen LogP contribution in [0, 0.1) is 0 Å². The van der Waals surface area contributed by atoms with E-state index in [0.717, 1.165) is 24.1 Å². The number of hydrogen-bond acceptors (Lipinski definition) is 4. The molecule has 3 rings (SSSR count). The van der Waals surface area contributed by atoms with E-state index >= 15 is 0 Å². The lowest BCUT2D eigenvalue weighted by molar-refractivity contribution is -0.0512. The van der Waals surface area contributed by atoms with E-state index in [1.54, 1.807) is 4.90 Å². The maximum absolute atomic E-state index is 12.8. The summed E-state index contributed by atoms with van der Waals surface area (Å²) in [5.41, 5.74) is 1.60. The first-order chi connectivity index (χ1) is 13.5. The quantitative estimate of drug-likeness (QED) is 0.660. The van der Waals surface area contributed by atoms with E-state index in [4.69, 9.17) is 4.74 Å². The Morgan fingerprint density at radius 1 is 1.11 bits per heavy atom. The number of carbonyl (C=O) groups excluding carboxylic acids is 1. The molecule has 0 saturated carbocycles. The van der Waals surface area contributed by atoms with Crippen LogP contribution < -0.4 is 9.47 Å². The number of amides is 1. The predicted octanol–water partition coefficient (Wildman–Crippen LogP) is 4.02. The lowest BCUT2D eigenvalue weighted by Gasteiger charge is -2.35. The van der Waals surface area contributed by atoms with Gasteiger partial charge in [0.25, 0.3) is 5.91 Å². The number of piperazine rings is 1. The summed E-state index contributed by atoms with van der Waals surface area (Å²) in [7, 11) is 1.35. The van der Waals surface area contributed by atoms with Crippen LogP contribution in [-0.4, -0.2) is 55.6 Å². The van der Waals surface area contributed by atoms with Gasteiger partial charge < -0.3 is 14.4 Å². The fourth-order valence-corrected chi connectivity index (χ4v) is 3.56. The SMILES string of the molecule is COc1cc(C(=O)N2CCN(Cc3ccccc3Br)CC2)ccc1OC(F)F. The molecule has 0 aromatic heterocycles. The van der Waals surface area contributed by atoms with Gasteiger partial charge in [0.05, 0.1) is 7.11 Å². The highest BCUT2D eigenvalue weighted by Crippen LogP contribution is 2.30. The molecule has 0 bridgehead atoms. The minimum Gasteiger partial charge on any atom is -0.493 e. The van der Waals surface area contributed by atoms with Crippen molar-refractivity contribution in [3.63, 3.8) is 0 Å². The molecule has 0 spiro atoms. The van der Waals surface area contributed by atoms with Gasteiger partial charge in [0.2, 0.25) is 0 Å². The summed E-state index contributed by atoms with van der Waals surface area (Å²) in [5.74, 6) is -0.131. The lowest BCUT2D eigenvalue weighted by Crippen LogP contribution is -2.48. The minimum absolute atomic E-state index is 0.0905. The van der Waals surface area contributed by atoms with E-state index in [1.165, 1.54) is 30.9 Å². The Bertz CT molecular complexity index is 827. The number of benzene rings is 2. The standard InChI is InChI=1S/C20H21BrF2N2O3/c1-27-18-12-14(6-7-17(18)28-20(22)23)19(26)25-10-8-24(9-11-25)13-15-4-2-3-5-16(15)21/h2-7,12,20H,8-11,13H2,1H3. The van der Waals surface area contributed by atoms with Crippen LogP contribution in [-0.2, 0) is 6.54 Å². The van der Waals surface area contributed by atoms with E-state index in [0.29, 0.717) is 18.7 Å². The molecule has 1 aliphatic heterocycles. The Balaban J connectivity index is 1.61. The van der Waals surface area contributed by atoms with Crippen molar-refractivity contribution in [2.24, 2.45) is 0 Å². The molecule has 0 N–H and O–H groups in total. The van der Waals surface area contributed by atoms with Crippen LogP contribution in [0.2, 0.25) is 0 Å². The Morgan fingerprint density at radius 2 is 1.82 bits per heavy atom. The van der Waals surface area contributed by atoms with Crippen LogP contribution in [0.25, 0.3) is 0 Å². The van der Waals surface area contributed by atoms with Crippen molar-refractivity contribution in [3.05, 3.63) is 58.1 Å². The molecule has 150 valence electrons. The Morgan fingerprint density at radius 3 is 2.46 bits per heavy atom. The summed E-state index contributed by atoms with van der Waals surface area (Å²) in [6, 6.07) is 12.3. The molecule has 0 unspecified atom stereocenters. The van der Waals surface area contributed by atoms with Gasteiger partial charge in [-0.3, -0.25) is 9.69 Å². The third-order valence-electron chi connectivity index (χ3n) is 4.64. The van der Waals surface area contributed by atoms with Crippen molar-refractivity contribution in [2.45, 2.75) is 13.2 Å². The first kappa shape index (κ1) is 20.5. The van der Waals surface area contributed by atoms with Gasteiger partial charge >= 0.3 is 6.61 Å². The third-order valence-corrected chi connectivity index (χ3v) is 5.41. The smallest absolute Gasteiger partial charge is 0.387 e. The number of hydrogen-bond donors (Lipinski definition) is 0. The van der Waals surface area contributed by atoms with Crippen LogP contribution in [0.15, 0.2) is 46.9 Å². The van der Waals surface area contributed by atoms with Crippen LogP contribution in [0.5, 0.6) is 11.5 Å². The van der Waals surface area contributed by atoms with Gasteiger partial charge in [-0.25, -0.2) is 0 Å². The largest absolute Gasteiger partial charge is 0.493 e. The average Bonchev–Trinajstić information content (AvgIpc) is 2.69. The third kappa shape index (κ3) is 4.99. The normalized spacial score (nSPS) is 15.0. The summed E-state index contributed by atoms with van der Waals surface area (Å²) in [6.45, 7) is 0.583. The summed E-state index contributed by atoms with van der Waals surface area (Å²) in [5, 5.41) is 0. The highest BCUT2D eigenvalue weighted by molar-refractivity contribution is 9.10. The summed E-state index contributed by atoms with van der Waals surface area (Å²) < 4.78 is 35.4. The second-order valence-corrected chi connectivity index (χ2v) is 7.26. The Labute approximate surface area is 171 Å². The fourth-order valence-electron chi connectivity index (χ4n) is 3.15. The minimum atomic E-state index is -2.95. The number of nitrogens with zero attached hydrogens (tertiary/aromatic N) is 2. The second kappa shape index (κ2) is 9.34. The molecule has 1 heterocycles. The zero-order valence-electron chi connectivity index (χ0n) is 15.4.